The van der Waals surface area contributed by atoms with Gasteiger partial charge in [0.15, 0.2) is 0 Å². The molecule has 2 unspecified atom stereocenters. The van der Waals surface area contributed by atoms with E-state index in [0.29, 0.717) is 11.8 Å². The topological polar surface area (TPSA) is 39.1 Å². The largest absolute Gasteiger partial charge is 0.373 e. The van der Waals surface area contributed by atoms with Gasteiger partial charge < -0.3 is 10.1 Å². The molecule has 2 rings (SSSR count). The minimum atomic E-state index is 0.210. The number of hydrogen-bond donors (Lipinski definition) is 1. The van der Waals surface area contributed by atoms with Gasteiger partial charge in [0.05, 0.1) is 12.3 Å². The second-order valence-corrected chi connectivity index (χ2v) is 6.05. The zero-order valence-corrected chi connectivity index (χ0v) is 12.6. The normalized spacial score (nSPS) is 24.1. The zero-order valence-electron chi connectivity index (χ0n) is 12.6. The summed E-state index contributed by atoms with van der Waals surface area (Å²) in [5, 5.41) is 7.92. The van der Waals surface area contributed by atoms with E-state index < -0.39 is 0 Å². The molecule has 0 saturated carbocycles. The minimum absolute atomic E-state index is 0.210. The molecule has 19 heavy (non-hydrogen) atoms. The van der Waals surface area contributed by atoms with Crippen molar-refractivity contribution in [2.24, 2.45) is 18.9 Å². The van der Waals surface area contributed by atoms with E-state index in [1.165, 1.54) is 24.1 Å². The highest BCUT2D eigenvalue weighted by Gasteiger charge is 2.29. The summed E-state index contributed by atoms with van der Waals surface area (Å²) in [5.74, 6) is 1.26. The monoisotopic (exact) mass is 265 g/mol. The highest BCUT2D eigenvalue weighted by Crippen LogP contribution is 2.34. The van der Waals surface area contributed by atoms with Crippen LogP contribution >= 0.6 is 0 Å². The lowest BCUT2D eigenvalue weighted by Gasteiger charge is -2.32. The van der Waals surface area contributed by atoms with E-state index in [-0.39, 0.29) is 6.10 Å². The highest BCUT2D eigenvalue weighted by molar-refractivity contribution is 5.20. The number of nitrogens with zero attached hydrogens (tertiary/aromatic N) is 2. The van der Waals surface area contributed by atoms with Gasteiger partial charge in [-0.1, -0.05) is 13.8 Å². The third-order valence-electron chi connectivity index (χ3n) is 3.98. The lowest BCUT2D eigenvalue weighted by Crippen LogP contribution is -2.33. The summed E-state index contributed by atoms with van der Waals surface area (Å²) in [5.41, 5.74) is 2.49. The van der Waals surface area contributed by atoms with E-state index in [0.717, 1.165) is 19.7 Å². The zero-order chi connectivity index (χ0) is 13.8. The Morgan fingerprint density at radius 3 is 2.95 bits per heavy atom. The fraction of sp³-hybridized carbons (Fsp3) is 0.800. The molecule has 1 aromatic rings. The van der Waals surface area contributed by atoms with Gasteiger partial charge in [-0.2, -0.15) is 5.10 Å². The molecule has 1 aromatic heterocycles. The number of aryl methyl sites for hydroxylation is 1. The van der Waals surface area contributed by atoms with Crippen LogP contribution in [0.2, 0.25) is 0 Å². The van der Waals surface area contributed by atoms with Gasteiger partial charge in [-0.05, 0) is 32.2 Å². The van der Waals surface area contributed by atoms with Crippen molar-refractivity contribution in [2.45, 2.75) is 39.7 Å². The summed E-state index contributed by atoms with van der Waals surface area (Å²) >= 11 is 0. The quantitative estimate of drug-likeness (QED) is 0.889. The Kier molecular flexibility index (Phi) is 4.99. The summed E-state index contributed by atoms with van der Waals surface area (Å²) in [6.07, 6.45) is 4.59. The van der Waals surface area contributed by atoms with Crippen molar-refractivity contribution in [1.82, 2.24) is 15.1 Å². The van der Waals surface area contributed by atoms with Crippen LogP contribution in [0.3, 0.4) is 0 Å². The summed E-state index contributed by atoms with van der Waals surface area (Å²) in [7, 11) is 1.99. The molecule has 1 fully saturated rings. The third-order valence-corrected chi connectivity index (χ3v) is 3.98. The van der Waals surface area contributed by atoms with Crippen LogP contribution in [-0.4, -0.2) is 29.5 Å². The Morgan fingerprint density at radius 2 is 2.32 bits per heavy atom. The average Bonchev–Trinajstić information content (AvgIpc) is 2.70. The maximum atomic E-state index is 6.03. The van der Waals surface area contributed by atoms with Crippen LogP contribution in [0.1, 0.15) is 44.1 Å². The number of rotatable bonds is 5. The van der Waals surface area contributed by atoms with Crippen molar-refractivity contribution in [3.05, 3.63) is 17.5 Å². The lowest BCUT2D eigenvalue weighted by molar-refractivity contribution is -0.0282. The highest BCUT2D eigenvalue weighted by atomic mass is 16.5. The van der Waals surface area contributed by atoms with Crippen LogP contribution in [0.15, 0.2) is 6.20 Å². The Balaban J connectivity index is 2.01. The van der Waals surface area contributed by atoms with Gasteiger partial charge in [-0.15, -0.1) is 0 Å². The van der Waals surface area contributed by atoms with Crippen LogP contribution in [0.5, 0.6) is 0 Å². The van der Waals surface area contributed by atoms with Crippen LogP contribution in [0.25, 0.3) is 0 Å². The standard InChI is InChI=1S/C15H27N3O/c1-11(2)8-16-9-13-6-5-7-19-15(13)14-10-17-18(4)12(14)3/h10-11,13,15-16H,5-9H2,1-4H3. The van der Waals surface area contributed by atoms with Crippen LogP contribution in [-0.2, 0) is 11.8 Å². The Hall–Kier alpha value is -0.870. The number of aromatic nitrogens is 2. The predicted molar refractivity (Wildman–Crippen MR) is 77.1 cm³/mol. The molecule has 0 bridgehead atoms. The van der Waals surface area contributed by atoms with Gasteiger partial charge in [0.1, 0.15) is 0 Å². The van der Waals surface area contributed by atoms with Gasteiger partial charge in [0.2, 0.25) is 0 Å². The first kappa shape index (κ1) is 14.5. The van der Waals surface area contributed by atoms with Gasteiger partial charge in [0, 0.05) is 37.4 Å². The second-order valence-electron chi connectivity index (χ2n) is 6.05. The summed E-state index contributed by atoms with van der Waals surface area (Å²) in [4.78, 5) is 0. The van der Waals surface area contributed by atoms with Gasteiger partial charge in [-0.25, -0.2) is 0 Å². The van der Waals surface area contributed by atoms with Gasteiger partial charge in [-0.3, -0.25) is 4.68 Å². The molecule has 2 heterocycles. The average molecular weight is 265 g/mol. The lowest BCUT2D eigenvalue weighted by atomic mass is 9.89. The van der Waals surface area contributed by atoms with E-state index in [9.17, 15) is 0 Å². The van der Waals surface area contributed by atoms with Crippen molar-refractivity contribution in [2.75, 3.05) is 19.7 Å². The molecule has 0 spiro atoms. The van der Waals surface area contributed by atoms with Crippen LogP contribution < -0.4 is 5.32 Å². The van der Waals surface area contributed by atoms with Gasteiger partial charge >= 0.3 is 0 Å². The minimum Gasteiger partial charge on any atom is -0.373 e. The van der Waals surface area contributed by atoms with Crippen molar-refractivity contribution in [3.8, 4) is 0 Å². The second kappa shape index (κ2) is 6.53. The number of ether oxygens (including phenoxy) is 1. The first-order valence-electron chi connectivity index (χ1n) is 7.40. The van der Waals surface area contributed by atoms with E-state index in [2.05, 4.69) is 31.2 Å². The van der Waals surface area contributed by atoms with Crippen molar-refractivity contribution in [1.29, 1.82) is 0 Å². The first-order valence-corrected chi connectivity index (χ1v) is 7.40. The summed E-state index contributed by atoms with van der Waals surface area (Å²) < 4.78 is 7.97. The molecule has 1 aliphatic rings. The van der Waals surface area contributed by atoms with E-state index in [1.807, 2.05) is 17.9 Å². The molecule has 1 aliphatic heterocycles. The number of hydrogen-bond acceptors (Lipinski definition) is 3. The third kappa shape index (κ3) is 3.57. The van der Waals surface area contributed by atoms with Crippen LogP contribution in [0, 0.1) is 18.8 Å². The fourth-order valence-corrected chi connectivity index (χ4v) is 2.75. The van der Waals surface area contributed by atoms with Gasteiger partial charge in [0.25, 0.3) is 0 Å². The number of nitrogens with one attached hydrogen (secondary N) is 1. The van der Waals surface area contributed by atoms with Crippen LogP contribution in [0.4, 0.5) is 0 Å². The molecule has 4 heteroatoms. The Bertz CT molecular complexity index is 400. The fourth-order valence-electron chi connectivity index (χ4n) is 2.75. The predicted octanol–water partition coefficient (Wildman–Crippen LogP) is 2.44. The smallest absolute Gasteiger partial charge is 0.0898 e. The molecule has 0 aromatic carbocycles. The van der Waals surface area contributed by atoms with E-state index >= 15 is 0 Å². The van der Waals surface area contributed by atoms with Crippen molar-refractivity contribution >= 4 is 0 Å². The molecule has 0 radical (unpaired) electrons. The first-order chi connectivity index (χ1) is 9.09. The van der Waals surface area contributed by atoms with E-state index in [1.54, 1.807) is 0 Å². The van der Waals surface area contributed by atoms with E-state index in [4.69, 9.17) is 4.74 Å². The maximum Gasteiger partial charge on any atom is 0.0898 e. The molecule has 4 nitrogen and oxygen atoms in total. The summed E-state index contributed by atoms with van der Waals surface area (Å²) in [6, 6.07) is 0. The Morgan fingerprint density at radius 1 is 1.53 bits per heavy atom. The molecule has 108 valence electrons. The Labute approximate surface area is 116 Å². The molecule has 1 saturated heterocycles. The SMILES string of the molecule is Cc1c(C2OCCCC2CNCC(C)C)cnn1C. The molecule has 1 N–H and O–H groups in total. The molecular formula is C15H27N3O. The molecule has 0 aliphatic carbocycles. The van der Waals surface area contributed by atoms with Crippen molar-refractivity contribution < 1.29 is 4.74 Å². The maximum absolute atomic E-state index is 6.03. The molecular weight excluding hydrogens is 238 g/mol. The van der Waals surface area contributed by atoms with Crippen molar-refractivity contribution in [3.63, 3.8) is 0 Å². The summed E-state index contributed by atoms with van der Waals surface area (Å²) in [6.45, 7) is 9.60. The molecule has 2 atom stereocenters. The molecule has 0 amide bonds.